The van der Waals surface area contributed by atoms with Crippen LogP contribution in [-0.4, -0.2) is 59.6 Å². The molecular formula is C26H50O5. The van der Waals surface area contributed by atoms with E-state index in [-0.39, 0.29) is 13.2 Å². The lowest BCUT2D eigenvalue weighted by Gasteiger charge is -2.23. The average Bonchev–Trinajstić information content (AvgIpc) is 3.15. The third-order valence-corrected chi connectivity index (χ3v) is 6.20. The molecule has 1 saturated heterocycles. The SMILES string of the molecule is CCCC/C=C/CCCCCCCCCCCCCCO[C@@H]1[C@H]([C@H](O)CO)OC[C@@H]1O. The minimum atomic E-state index is -1.00. The van der Waals surface area contributed by atoms with Crippen molar-refractivity contribution in [2.75, 3.05) is 19.8 Å². The van der Waals surface area contributed by atoms with E-state index < -0.39 is 24.4 Å². The van der Waals surface area contributed by atoms with Crippen LogP contribution < -0.4 is 0 Å². The van der Waals surface area contributed by atoms with Crippen LogP contribution in [0.3, 0.4) is 0 Å². The summed E-state index contributed by atoms with van der Waals surface area (Å²) in [6, 6.07) is 0. The molecule has 1 aliphatic rings. The number of hydrogen-bond donors (Lipinski definition) is 3. The monoisotopic (exact) mass is 442 g/mol. The Balaban J connectivity index is 1.81. The molecule has 5 heteroatoms. The highest BCUT2D eigenvalue weighted by atomic mass is 16.6. The summed E-state index contributed by atoms with van der Waals surface area (Å²) in [5, 5.41) is 28.7. The van der Waals surface area contributed by atoms with E-state index in [2.05, 4.69) is 19.1 Å². The molecule has 0 spiro atoms. The maximum atomic E-state index is 9.91. The summed E-state index contributed by atoms with van der Waals surface area (Å²) in [4.78, 5) is 0. The van der Waals surface area contributed by atoms with Crippen molar-refractivity contribution in [1.29, 1.82) is 0 Å². The zero-order valence-electron chi connectivity index (χ0n) is 20.1. The number of hydrogen-bond acceptors (Lipinski definition) is 5. The number of aliphatic hydroxyl groups is 3. The van der Waals surface area contributed by atoms with Gasteiger partial charge in [-0.3, -0.25) is 0 Å². The molecule has 1 rings (SSSR count). The Hall–Kier alpha value is -0.460. The fourth-order valence-electron chi connectivity index (χ4n) is 4.17. The Morgan fingerprint density at radius 1 is 0.839 bits per heavy atom. The Bertz CT molecular complexity index is 415. The van der Waals surface area contributed by atoms with Crippen LogP contribution in [0.15, 0.2) is 12.2 Å². The predicted molar refractivity (Wildman–Crippen MR) is 127 cm³/mol. The van der Waals surface area contributed by atoms with Crippen LogP contribution in [0.25, 0.3) is 0 Å². The maximum absolute atomic E-state index is 9.91. The zero-order chi connectivity index (χ0) is 22.6. The third kappa shape index (κ3) is 14.3. The summed E-state index contributed by atoms with van der Waals surface area (Å²) >= 11 is 0. The van der Waals surface area contributed by atoms with Gasteiger partial charge >= 0.3 is 0 Å². The molecule has 31 heavy (non-hydrogen) atoms. The molecule has 0 unspecified atom stereocenters. The lowest BCUT2D eigenvalue weighted by molar-refractivity contribution is -0.0938. The van der Waals surface area contributed by atoms with Crippen molar-refractivity contribution >= 4 is 0 Å². The quantitative estimate of drug-likeness (QED) is 0.166. The van der Waals surface area contributed by atoms with Crippen molar-refractivity contribution in [3.8, 4) is 0 Å². The van der Waals surface area contributed by atoms with Crippen LogP contribution in [0, 0.1) is 0 Å². The molecular weight excluding hydrogens is 392 g/mol. The van der Waals surface area contributed by atoms with E-state index in [1.165, 1.54) is 89.9 Å². The minimum absolute atomic E-state index is 0.156. The zero-order valence-corrected chi connectivity index (χ0v) is 20.1. The molecule has 0 bridgehead atoms. The second kappa shape index (κ2) is 20.2. The van der Waals surface area contributed by atoms with Gasteiger partial charge in [0.15, 0.2) is 0 Å². The molecule has 1 heterocycles. The molecule has 0 aliphatic carbocycles. The number of rotatable bonds is 21. The number of aliphatic hydroxyl groups excluding tert-OH is 3. The predicted octanol–water partition coefficient (Wildman–Crippen LogP) is 5.30. The molecule has 4 atom stereocenters. The van der Waals surface area contributed by atoms with Crippen LogP contribution in [0.2, 0.25) is 0 Å². The van der Waals surface area contributed by atoms with E-state index in [4.69, 9.17) is 14.6 Å². The summed E-state index contributed by atoms with van der Waals surface area (Å²) in [5.41, 5.74) is 0. The number of unbranched alkanes of at least 4 members (excludes halogenated alkanes) is 14. The van der Waals surface area contributed by atoms with E-state index in [0.717, 1.165) is 12.8 Å². The molecule has 0 saturated carbocycles. The molecule has 0 aromatic rings. The second-order valence-corrected chi connectivity index (χ2v) is 9.10. The fourth-order valence-corrected chi connectivity index (χ4v) is 4.17. The molecule has 5 nitrogen and oxygen atoms in total. The molecule has 0 amide bonds. The summed E-state index contributed by atoms with van der Waals surface area (Å²) in [6.45, 7) is 2.58. The van der Waals surface area contributed by atoms with Gasteiger partial charge in [0.25, 0.3) is 0 Å². The van der Waals surface area contributed by atoms with Gasteiger partial charge in [0.05, 0.1) is 13.2 Å². The van der Waals surface area contributed by atoms with E-state index in [1.54, 1.807) is 0 Å². The van der Waals surface area contributed by atoms with Gasteiger partial charge in [-0.2, -0.15) is 0 Å². The van der Waals surface area contributed by atoms with E-state index in [9.17, 15) is 10.2 Å². The summed E-state index contributed by atoms with van der Waals surface area (Å²) in [5.74, 6) is 0. The Morgan fingerprint density at radius 3 is 1.90 bits per heavy atom. The van der Waals surface area contributed by atoms with Gasteiger partial charge in [0, 0.05) is 6.61 Å². The summed E-state index contributed by atoms with van der Waals surface area (Å²) in [7, 11) is 0. The third-order valence-electron chi connectivity index (χ3n) is 6.20. The number of ether oxygens (including phenoxy) is 2. The van der Waals surface area contributed by atoms with Gasteiger partial charge in [0.2, 0.25) is 0 Å². The van der Waals surface area contributed by atoms with Crippen LogP contribution in [-0.2, 0) is 9.47 Å². The lowest BCUT2D eigenvalue weighted by Crippen LogP contribution is -2.42. The highest BCUT2D eigenvalue weighted by molar-refractivity contribution is 4.89. The van der Waals surface area contributed by atoms with E-state index in [1.807, 2.05) is 0 Å². The van der Waals surface area contributed by atoms with Crippen LogP contribution in [0.4, 0.5) is 0 Å². The van der Waals surface area contributed by atoms with E-state index >= 15 is 0 Å². The minimum Gasteiger partial charge on any atom is -0.394 e. The largest absolute Gasteiger partial charge is 0.394 e. The van der Waals surface area contributed by atoms with Gasteiger partial charge in [-0.25, -0.2) is 0 Å². The summed E-state index contributed by atoms with van der Waals surface area (Å²) in [6.07, 6.45) is 22.5. The summed E-state index contributed by atoms with van der Waals surface area (Å²) < 4.78 is 11.1. The van der Waals surface area contributed by atoms with Gasteiger partial charge < -0.3 is 24.8 Å². The smallest absolute Gasteiger partial charge is 0.114 e. The first-order chi connectivity index (χ1) is 15.2. The topological polar surface area (TPSA) is 79.2 Å². The highest BCUT2D eigenvalue weighted by Crippen LogP contribution is 2.21. The normalized spacial score (nSPS) is 22.5. The molecule has 0 aromatic carbocycles. The lowest BCUT2D eigenvalue weighted by atomic mass is 10.0. The van der Waals surface area contributed by atoms with Crippen molar-refractivity contribution in [2.45, 2.75) is 134 Å². The Morgan fingerprint density at radius 2 is 1.35 bits per heavy atom. The second-order valence-electron chi connectivity index (χ2n) is 9.10. The van der Waals surface area contributed by atoms with Crippen molar-refractivity contribution < 1.29 is 24.8 Å². The first kappa shape index (κ1) is 28.6. The molecule has 0 aromatic heterocycles. The van der Waals surface area contributed by atoms with Gasteiger partial charge in [-0.1, -0.05) is 96.1 Å². The Labute approximate surface area is 191 Å². The van der Waals surface area contributed by atoms with Gasteiger partial charge in [-0.05, 0) is 25.7 Å². The van der Waals surface area contributed by atoms with Crippen molar-refractivity contribution in [2.24, 2.45) is 0 Å². The average molecular weight is 443 g/mol. The maximum Gasteiger partial charge on any atom is 0.114 e. The Kier molecular flexibility index (Phi) is 18.6. The molecule has 1 fully saturated rings. The highest BCUT2D eigenvalue weighted by Gasteiger charge is 2.40. The standard InChI is InChI=1S/C26H50O5/c1-2-3-4-5-6-7-8-9-10-11-12-13-14-15-16-17-18-19-20-30-26-24(29)22-31-25(26)23(28)21-27/h5-6,23-29H,2-4,7-22H2,1H3/b6-5+/t23-,24+,25+,26+/m1/s1. The first-order valence-electron chi connectivity index (χ1n) is 13.1. The van der Waals surface area contributed by atoms with Crippen LogP contribution >= 0.6 is 0 Å². The van der Waals surface area contributed by atoms with Crippen molar-refractivity contribution in [1.82, 2.24) is 0 Å². The molecule has 3 N–H and O–H groups in total. The van der Waals surface area contributed by atoms with E-state index in [0.29, 0.717) is 6.61 Å². The fraction of sp³-hybridized carbons (Fsp3) is 0.923. The molecule has 1 aliphatic heterocycles. The van der Waals surface area contributed by atoms with Crippen LogP contribution in [0.1, 0.15) is 110 Å². The van der Waals surface area contributed by atoms with Gasteiger partial charge in [-0.15, -0.1) is 0 Å². The van der Waals surface area contributed by atoms with Gasteiger partial charge in [0.1, 0.15) is 24.4 Å². The first-order valence-corrected chi connectivity index (χ1v) is 13.1. The number of allylic oxidation sites excluding steroid dienone is 2. The molecule has 184 valence electrons. The van der Waals surface area contributed by atoms with Crippen molar-refractivity contribution in [3.05, 3.63) is 12.2 Å². The van der Waals surface area contributed by atoms with Crippen molar-refractivity contribution in [3.63, 3.8) is 0 Å². The van der Waals surface area contributed by atoms with Crippen LogP contribution in [0.5, 0.6) is 0 Å². The molecule has 0 radical (unpaired) electrons.